The van der Waals surface area contributed by atoms with Gasteiger partial charge >= 0.3 is 6.36 Å². The van der Waals surface area contributed by atoms with E-state index in [1.807, 2.05) is 0 Å². The zero-order valence-corrected chi connectivity index (χ0v) is 19.0. The molecule has 7 nitrogen and oxygen atoms in total. The van der Waals surface area contributed by atoms with Gasteiger partial charge in [0, 0.05) is 16.0 Å². The van der Waals surface area contributed by atoms with Crippen molar-refractivity contribution >= 4 is 50.0 Å². The molecule has 2 saturated heterocycles. The van der Waals surface area contributed by atoms with Crippen LogP contribution in [0.2, 0.25) is 5.02 Å². The quantitative estimate of drug-likeness (QED) is 0.590. The Balaban J connectivity index is 1.54. The largest absolute Gasteiger partial charge is 0.573 e. The number of amides is 1. The number of anilines is 1. The molecular weight excluding hydrogens is 505 g/mol. The summed E-state index contributed by atoms with van der Waals surface area (Å²) in [7, 11) is -3.29. The van der Waals surface area contributed by atoms with E-state index in [1.165, 1.54) is 12.1 Å². The predicted molar refractivity (Wildman–Crippen MR) is 119 cm³/mol. The molecule has 1 amide bonds. The Bertz CT molecular complexity index is 1170. The second kappa shape index (κ2) is 9.07. The Morgan fingerprint density at radius 1 is 1.09 bits per heavy atom. The first-order chi connectivity index (χ1) is 15.5. The van der Waals surface area contributed by atoms with Gasteiger partial charge in [-0.05, 0) is 48.5 Å². The Labute approximate surface area is 196 Å². The minimum absolute atomic E-state index is 0.0808. The Morgan fingerprint density at radius 3 is 2.36 bits per heavy atom. The second-order valence-electron chi connectivity index (χ2n) is 7.24. The number of halogens is 4. The van der Waals surface area contributed by atoms with Crippen LogP contribution >= 0.6 is 23.4 Å². The van der Waals surface area contributed by atoms with E-state index in [9.17, 15) is 26.4 Å². The average Bonchev–Trinajstić information content (AvgIpc) is 3.18. The van der Waals surface area contributed by atoms with Crippen LogP contribution in [0.25, 0.3) is 0 Å². The van der Waals surface area contributed by atoms with Gasteiger partial charge in [0.2, 0.25) is 0 Å². The zero-order chi connectivity index (χ0) is 23.8. The first kappa shape index (κ1) is 23.7. The van der Waals surface area contributed by atoms with Crippen LogP contribution in [-0.4, -0.2) is 55.3 Å². The number of aliphatic imine (C=N–C) groups is 1. The van der Waals surface area contributed by atoms with Gasteiger partial charge in [0.1, 0.15) is 11.5 Å². The fraction of sp³-hybridized carbons (Fsp3) is 0.300. The van der Waals surface area contributed by atoms with Crippen molar-refractivity contribution in [3.63, 3.8) is 0 Å². The molecule has 0 aliphatic carbocycles. The van der Waals surface area contributed by atoms with Crippen molar-refractivity contribution in [3.8, 4) is 11.5 Å². The van der Waals surface area contributed by atoms with Crippen LogP contribution in [0.3, 0.4) is 0 Å². The van der Waals surface area contributed by atoms with Gasteiger partial charge in [-0.25, -0.2) is 8.42 Å². The molecule has 176 valence electrons. The molecule has 0 spiro atoms. The van der Waals surface area contributed by atoms with Crippen LogP contribution < -0.4 is 14.4 Å². The molecule has 2 heterocycles. The highest BCUT2D eigenvalue weighted by Gasteiger charge is 2.49. The van der Waals surface area contributed by atoms with E-state index < -0.39 is 33.9 Å². The lowest BCUT2D eigenvalue weighted by Crippen LogP contribution is -2.37. The van der Waals surface area contributed by atoms with Crippen LogP contribution in [0.1, 0.15) is 0 Å². The van der Waals surface area contributed by atoms with Crippen molar-refractivity contribution in [1.82, 2.24) is 0 Å². The van der Waals surface area contributed by atoms with E-state index in [0.29, 0.717) is 16.5 Å². The maximum absolute atomic E-state index is 12.4. The standard InChI is InChI=1S/C20H16ClF3N2O5S2/c21-12-1-5-14(6-2-12)30-9-18(27)25-19-26(16-10-33(28,29)11-17(16)32-19)13-3-7-15(8-4-13)31-20(22,23)24/h1-8,16-17H,9-11H2/t16-,17+/m0/s1. The van der Waals surface area contributed by atoms with Crippen LogP contribution in [0.5, 0.6) is 11.5 Å². The number of hydrogen-bond donors (Lipinski definition) is 0. The van der Waals surface area contributed by atoms with Crippen molar-refractivity contribution in [2.45, 2.75) is 17.7 Å². The number of rotatable bonds is 5. The molecule has 0 saturated carbocycles. The van der Waals surface area contributed by atoms with Crippen LogP contribution in [-0.2, 0) is 14.6 Å². The van der Waals surface area contributed by atoms with Gasteiger partial charge in [0.05, 0.1) is 17.5 Å². The van der Waals surface area contributed by atoms with E-state index in [-0.39, 0.29) is 28.5 Å². The number of ether oxygens (including phenoxy) is 2. The summed E-state index contributed by atoms with van der Waals surface area (Å²) >= 11 is 6.96. The number of thioether (sulfide) groups is 1. The molecule has 2 atom stereocenters. The van der Waals surface area contributed by atoms with Crippen LogP contribution in [0.15, 0.2) is 53.5 Å². The molecule has 2 aromatic rings. The van der Waals surface area contributed by atoms with Gasteiger partial charge in [-0.15, -0.1) is 13.2 Å². The molecule has 0 N–H and O–H groups in total. The highest BCUT2D eigenvalue weighted by atomic mass is 35.5. The molecule has 0 aromatic heterocycles. The topological polar surface area (TPSA) is 85.3 Å². The fourth-order valence-electron chi connectivity index (χ4n) is 3.49. The van der Waals surface area contributed by atoms with Crippen LogP contribution in [0, 0.1) is 0 Å². The smallest absolute Gasteiger partial charge is 0.484 e. The third-order valence-electron chi connectivity index (χ3n) is 4.81. The van der Waals surface area contributed by atoms with Crippen molar-refractivity contribution in [1.29, 1.82) is 0 Å². The number of nitrogens with zero attached hydrogens (tertiary/aromatic N) is 2. The van der Waals surface area contributed by atoms with Gasteiger partial charge in [-0.3, -0.25) is 4.79 Å². The van der Waals surface area contributed by atoms with Gasteiger partial charge in [0.15, 0.2) is 21.6 Å². The lowest BCUT2D eigenvalue weighted by molar-refractivity contribution is -0.274. The molecule has 0 bridgehead atoms. The summed E-state index contributed by atoms with van der Waals surface area (Å²) in [5.74, 6) is -0.827. The van der Waals surface area contributed by atoms with E-state index in [4.69, 9.17) is 16.3 Å². The van der Waals surface area contributed by atoms with Gasteiger partial charge < -0.3 is 14.4 Å². The molecule has 0 radical (unpaired) electrons. The summed E-state index contributed by atoms with van der Waals surface area (Å²) < 4.78 is 70.9. The Morgan fingerprint density at radius 2 is 1.73 bits per heavy atom. The first-order valence-electron chi connectivity index (χ1n) is 9.51. The normalized spacial score (nSPS) is 22.9. The minimum Gasteiger partial charge on any atom is -0.484 e. The number of carbonyl (C=O) groups is 1. The third kappa shape index (κ3) is 5.92. The summed E-state index contributed by atoms with van der Waals surface area (Å²) in [4.78, 5) is 18.1. The van der Waals surface area contributed by atoms with Gasteiger partial charge in [0.25, 0.3) is 5.91 Å². The number of benzene rings is 2. The summed E-state index contributed by atoms with van der Waals surface area (Å²) in [6.45, 7) is -0.356. The Hall–Kier alpha value is -2.44. The lowest BCUT2D eigenvalue weighted by atomic mass is 10.2. The minimum atomic E-state index is -4.83. The monoisotopic (exact) mass is 520 g/mol. The van der Waals surface area contributed by atoms with Gasteiger partial charge in [-0.2, -0.15) is 4.99 Å². The first-order valence-corrected chi connectivity index (χ1v) is 12.6. The zero-order valence-electron chi connectivity index (χ0n) is 16.7. The summed E-state index contributed by atoms with van der Waals surface area (Å²) in [5, 5.41) is 0.416. The van der Waals surface area contributed by atoms with Crippen molar-refractivity contribution in [3.05, 3.63) is 53.6 Å². The summed E-state index contributed by atoms with van der Waals surface area (Å²) in [6, 6.07) is 10.9. The molecule has 2 aromatic carbocycles. The molecule has 33 heavy (non-hydrogen) atoms. The highest BCUT2D eigenvalue weighted by molar-refractivity contribution is 8.16. The predicted octanol–water partition coefficient (Wildman–Crippen LogP) is 3.92. The van der Waals surface area contributed by atoms with Crippen molar-refractivity contribution < 1.29 is 35.9 Å². The van der Waals surface area contributed by atoms with Crippen molar-refractivity contribution in [2.24, 2.45) is 4.99 Å². The lowest BCUT2D eigenvalue weighted by Gasteiger charge is -2.24. The molecule has 2 aliphatic rings. The number of amidine groups is 1. The average molecular weight is 521 g/mol. The number of carbonyl (C=O) groups excluding carboxylic acids is 1. The summed E-state index contributed by atoms with van der Waals surface area (Å²) in [6.07, 6.45) is -4.83. The number of fused-ring (bicyclic) bond motifs is 1. The van der Waals surface area contributed by atoms with E-state index in [1.54, 1.807) is 29.2 Å². The molecule has 2 aliphatic heterocycles. The fourth-order valence-corrected chi connectivity index (χ4v) is 7.55. The number of hydrogen-bond acceptors (Lipinski definition) is 6. The van der Waals surface area contributed by atoms with Gasteiger partial charge in [-0.1, -0.05) is 23.4 Å². The SMILES string of the molecule is O=C(COc1ccc(Cl)cc1)N=C1S[C@@H]2CS(=O)(=O)C[C@@H]2N1c1ccc(OC(F)(F)F)cc1. The molecule has 2 fully saturated rings. The van der Waals surface area contributed by atoms with Crippen LogP contribution in [0.4, 0.5) is 18.9 Å². The maximum Gasteiger partial charge on any atom is 0.573 e. The number of alkyl halides is 3. The van der Waals surface area contributed by atoms with E-state index >= 15 is 0 Å². The Kier molecular flexibility index (Phi) is 6.52. The van der Waals surface area contributed by atoms with Crippen molar-refractivity contribution in [2.75, 3.05) is 23.0 Å². The third-order valence-corrected chi connectivity index (χ3v) is 8.27. The van der Waals surface area contributed by atoms with E-state index in [0.717, 1.165) is 23.9 Å². The molecule has 13 heteroatoms. The molecular formula is C20H16ClF3N2O5S2. The highest BCUT2D eigenvalue weighted by Crippen LogP contribution is 2.41. The second-order valence-corrected chi connectivity index (χ2v) is 11.0. The maximum atomic E-state index is 12.4. The molecule has 4 rings (SSSR count). The number of sulfone groups is 1. The molecule has 0 unspecified atom stereocenters. The van der Waals surface area contributed by atoms with E-state index in [2.05, 4.69) is 9.73 Å². The summed E-state index contributed by atoms with van der Waals surface area (Å²) in [5.41, 5.74) is 0.395.